The number of hydrogen-bond acceptors (Lipinski definition) is 4. The molecule has 0 atom stereocenters. The number of carboxylic acids is 1. The van der Waals surface area contributed by atoms with Crippen molar-refractivity contribution >= 4 is 21.7 Å². The molecule has 3 aromatic carbocycles. The lowest BCUT2D eigenvalue weighted by Gasteiger charge is -2.19. The zero-order valence-corrected chi connectivity index (χ0v) is 19.3. The molecule has 0 amide bonds. The summed E-state index contributed by atoms with van der Waals surface area (Å²) >= 11 is 0. The molecule has 0 saturated carbocycles. The maximum absolute atomic E-state index is 13.5. The molecule has 3 aromatic rings. The van der Waals surface area contributed by atoms with Crippen LogP contribution in [0.15, 0.2) is 65.6 Å². The SMILES string of the molecule is COc1ccc(C(=O)O)cc1S(=O)(=O)Nc1cc(C(F)(F)F)ccc1-c1ccccc1C(C)C. The number of nitrogens with one attached hydrogen (secondary N) is 1. The highest BCUT2D eigenvalue weighted by molar-refractivity contribution is 7.92. The zero-order valence-electron chi connectivity index (χ0n) is 18.5. The van der Waals surface area contributed by atoms with Gasteiger partial charge < -0.3 is 9.84 Å². The third-order valence-corrected chi connectivity index (χ3v) is 6.55. The van der Waals surface area contributed by atoms with Crippen LogP contribution in [-0.2, 0) is 16.2 Å². The summed E-state index contributed by atoms with van der Waals surface area (Å²) in [6.45, 7) is 3.82. The van der Waals surface area contributed by atoms with E-state index in [1.54, 1.807) is 18.2 Å². The van der Waals surface area contributed by atoms with Crippen LogP contribution in [0.3, 0.4) is 0 Å². The molecule has 0 fully saturated rings. The first-order chi connectivity index (χ1) is 15.8. The van der Waals surface area contributed by atoms with E-state index in [1.165, 1.54) is 19.2 Å². The zero-order chi connectivity index (χ0) is 25.3. The van der Waals surface area contributed by atoms with E-state index in [-0.39, 0.29) is 28.5 Å². The second-order valence-electron chi connectivity index (χ2n) is 7.78. The Bertz CT molecular complexity index is 1330. The fourth-order valence-corrected chi connectivity index (χ4v) is 4.77. The van der Waals surface area contributed by atoms with Crippen molar-refractivity contribution in [1.29, 1.82) is 0 Å². The Morgan fingerprint density at radius 1 is 1.00 bits per heavy atom. The van der Waals surface area contributed by atoms with E-state index in [0.717, 1.165) is 29.8 Å². The standard InChI is InChI=1S/C24H22F3NO5S/c1-14(2)17-6-4-5-7-18(17)19-10-9-16(24(25,26)27)13-20(19)28-34(31,32)22-12-15(23(29)30)8-11-21(22)33-3/h4-14,28H,1-3H3,(H,29,30). The minimum atomic E-state index is -4.71. The molecule has 3 rings (SSSR count). The third kappa shape index (κ3) is 5.17. The number of aromatic carboxylic acids is 1. The van der Waals surface area contributed by atoms with E-state index in [2.05, 4.69) is 4.72 Å². The molecule has 0 unspecified atom stereocenters. The number of rotatable bonds is 7. The van der Waals surface area contributed by atoms with Crippen molar-refractivity contribution in [2.75, 3.05) is 11.8 Å². The number of ether oxygens (including phenoxy) is 1. The van der Waals surface area contributed by atoms with Gasteiger partial charge in [0, 0.05) is 5.56 Å². The van der Waals surface area contributed by atoms with Crippen LogP contribution >= 0.6 is 0 Å². The first-order valence-electron chi connectivity index (χ1n) is 10.1. The Labute approximate surface area is 195 Å². The van der Waals surface area contributed by atoms with Gasteiger partial charge in [0.05, 0.1) is 23.9 Å². The van der Waals surface area contributed by atoms with Gasteiger partial charge in [-0.3, -0.25) is 4.72 Å². The van der Waals surface area contributed by atoms with Gasteiger partial charge in [-0.15, -0.1) is 0 Å². The molecule has 10 heteroatoms. The molecule has 6 nitrogen and oxygen atoms in total. The molecule has 34 heavy (non-hydrogen) atoms. The molecule has 0 saturated heterocycles. The Morgan fingerprint density at radius 3 is 2.26 bits per heavy atom. The molecule has 180 valence electrons. The van der Waals surface area contributed by atoms with E-state index in [9.17, 15) is 31.5 Å². The summed E-state index contributed by atoms with van der Waals surface area (Å²) in [6, 6.07) is 13.0. The molecular weight excluding hydrogens is 471 g/mol. The molecule has 0 aromatic heterocycles. The quantitative estimate of drug-likeness (QED) is 0.421. The second-order valence-corrected chi connectivity index (χ2v) is 9.43. The molecule has 0 radical (unpaired) electrons. The van der Waals surface area contributed by atoms with Crippen LogP contribution in [0.4, 0.5) is 18.9 Å². The number of hydrogen-bond donors (Lipinski definition) is 2. The summed E-state index contributed by atoms with van der Waals surface area (Å²) in [5.74, 6) is -1.52. The minimum absolute atomic E-state index is 0.00953. The Hall–Kier alpha value is -3.53. The average Bonchev–Trinajstić information content (AvgIpc) is 2.77. The molecular formula is C24H22F3NO5S. The molecule has 0 aliphatic heterocycles. The summed E-state index contributed by atoms with van der Waals surface area (Å²) in [5.41, 5.74) is -0.0406. The van der Waals surface area contributed by atoms with Crippen molar-refractivity contribution in [3.05, 3.63) is 77.4 Å². The van der Waals surface area contributed by atoms with Gasteiger partial charge in [0.2, 0.25) is 0 Å². The van der Waals surface area contributed by atoms with Gasteiger partial charge in [-0.25, -0.2) is 13.2 Å². The number of carbonyl (C=O) groups is 1. The summed E-state index contributed by atoms with van der Waals surface area (Å²) in [5, 5.41) is 9.25. The Kier molecular flexibility index (Phi) is 6.92. The number of anilines is 1. The van der Waals surface area contributed by atoms with Gasteiger partial charge in [0.15, 0.2) is 0 Å². The predicted molar refractivity (Wildman–Crippen MR) is 122 cm³/mol. The van der Waals surface area contributed by atoms with Crippen LogP contribution in [-0.4, -0.2) is 26.6 Å². The molecule has 2 N–H and O–H groups in total. The Morgan fingerprint density at radius 2 is 1.68 bits per heavy atom. The first kappa shape index (κ1) is 25.1. The third-order valence-electron chi connectivity index (χ3n) is 5.16. The fraction of sp³-hybridized carbons (Fsp3) is 0.208. The highest BCUT2D eigenvalue weighted by atomic mass is 32.2. The Balaban J connectivity index is 2.23. The van der Waals surface area contributed by atoms with Crippen molar-refractivity contribution in [2.24, 2.45) is 0 Å². The maximum atomic E-state index is 13.5. The monoisotopic (exact) mass is 493 g/mol. The number of alkyl halides is 3. The molecule has 0 bridgehead atoms. The lowest BCUT2D eigenvalue weighted by molar-refractivity contribution is -0.137. The van der Waals surface area contributed by atoms with Crippen molar-refractivity contribution in [1.82, 2.24) is 0 Å². The van der Waals surface area contributed by atoms with Gasteiger partial charge in [-0.05, 0) is 47.4 Å². The van der Waals surface area contributed by atoms with Crippen molar-refractivity contribution in [3.63, 3.8) is 0 Å². The van der Waals surface area contributed by atoms with Crippen LogP contribution in [0.1, 0.15) is 41.3 Å². The average molecular weight is 494 g/mol. The smallest absolute Gasteiger partial charge is 0.416 e. The number of carboxylic acid groups (broad SMARTS) is 1. The topological polar surface area (TPSA) is 92.7 Å². The van der Waals surface area contributed by atoms with Gasteiger partial charge >= 0.3 is 12.1 Å². The highest BCUT2D eigenvalue weighted by Gasteiger charge is 2.32. The van der Waals surface area contributed by atoms with E-state index in [1.807, 2.05) is 19.9 Å². The molecule has 0 spiro atoms. The number of sulfonamides is 1. The molecule has 0 aliphatic rings. The van der Waals surface area contributed by atoms with Crippen LogP contribution in [0.2, 0.25) is 0 Å². The van der Waals surface area contributed by atoms with Gasteiger partial charge in [-0.1, -0.05) is 44.2 Å². The van der Waals surface area contributed by atoms with E-state index < -0.39 is 32.6 Å². The second kappa shape index (κ2) is 9.38. The summed E-state index contributed by atoms with van der Waals surface area (Å²) in [6.07, 6.45) is -4.71. The van der Waals surface area contributed by atoms with E-state index in [4.69, 9.17) is 4.74 Å². The largest absolute Gasteiger partial charge is 0.495 e. The van der Waals surface area contributed by atoms with Crippen LogP contribution in [0, 0.1) is 0 Å². The van der Waals surface area contributed by atoms with E-state index >= 15 is 0 Å². The molecule has 0 heterocycles. The van der Waals surface area contributed by atoms with E-state index in [0.29, 0.717) is 5.56 Å². The fourth-order valence-electron chi connectivity index (χ4n) is 3.51. The predicted octanol–water partition coefficient (Wildman–Crippen LogP) is 6.00. The van der Waals surface area contributed by atoms with Gasteiger partial charge in [-0.2, -0.15) is 13.2 Å². The first-order valence-corrected chi connectivity index (χ1v) is 11.6. The number of halogens is 3. The lowest BCUT2D eigenvalue weighted by atomic mass is 9.91. The normalized spacial score (nSPS) is 12.0. The number of benzene rings is 3. The summed E-state index contributed by atoms with van der Waals surface area (Å²) in [7, 11) is -3.35. The van der Waals surface area contributed by atoms with Gasteiger partial charge in [0.1, 0.15) is 10.6 Å². The molecule has 0 aliphatic carbocycles. The summed E-state index contributed by atoms with van der Waals surface area (Å²) < 4.78 is 74.2. The van der Waals surface area contributed by atoms with Crippen LogP contribution in [0.25, 0.3) is 11.1 Å². The number of methoxy groups -OCH3 is 1. The summed E-state index contributed by atoms with van der Waals surface area (Å²) in [4.78, 5) is 10.8. The van der Waals surface area contributed by atoms with Gasteiger partial charge in [0.25, 0.3) is 10.0 Å². The van der Waals surface area contributed by atoms with Crippen LogP contribution < -0.4 is 9.46 Å². The van der Waals surface area contributed by atoms with Crippen molar-refractivity contribution in [3.8, 4) is 16.9 Å². The van der Waals surface area contributed by atoms with Crippen molar-refractivity contribution < 1.29 is 36.2 Å². The highest BCUT2D eigenvalue weighted by Crippen LogP contribution is 2.40. The van der Waals surface area contributed by atoms with Crippen molar-refractivity contribution in [2.45, 2.75) is 30.8 Å². The lowest BCUT2D eigenvalue weighted by Crippen LogP contribution is -2.17. The van der Waals surface area contributed by atoms with Crippen LogP contribution in [0.5, 0.6) is 5.75 Å². The maximum Gasteiger partial charge on any atom is 0.416 e. The minimum Gasteiger partial charge on any atom is -0.495 e.